The second-order valence-corrected chi connectivity index (χ2v) is 5.04. The van der Waals surface area contributed by atoms with Crippen LogP contribution >= 0.6 is 0 Å². The van der Waals surface area contributed by atoms with Gasteiger partial charge in [-0.2, -0.15) is 0 Å². The zero-order valence-electron chi connectivity index (χ0n) is 10.7. The van der Waals surface area contributed by atoms with Crippen molar-refractivity contribution >= 4 is 0 Å². The van der Waals surface area contributed by atoms with Gasteiger partial charge in [0.15, 0.2) is 0 Å². The van der Waals surface area contributed by atoms with Crippen molar-refractivity contribution in [2.75, 3.05) is 6.54 Å². The van der Waals surface area contributed by atoms with Crippen molar-refractivity contribution in [1.82, 2.24) is 20.1 Å². The number of nitrogens with zero attached hydrogens (tertiary/aromatic N) is 3. The molecule has 2 unspecified atom stereocenters. The van der Waals surface area contributed by atoms with E-state index in [1.165, 1.54) is 6.42 Å². The molecule has 0 bridgehead atoms. The van der Waals surface area contributed by atoms with Crippen molar-refractivity contribution in [1.29, 1.82) is 0 Å². The fraction of sp³-hybridized carbons (Fsp3) is 0.833. The third-order valence-corrected chi connectivity index (χ3v) is 3.65. The summed E-state index contributed by atoms with van der Waals surface area (Å²) < 4.78 is 2.00. The van der Waals surface area contributed by atoms with Gasteiger partial charge in [-0.3, -0.25) is 0 Å². The highest BCUT2D eigenvalue weighted by Crippen LogP contribution is 2.23. The van der Waals surface area contributed by atoms with Crippen molar-refractivity contribution in [3.63, 3.8) is 0 Å². The van der Waals surface area contributed by atoms with Crippen LogP contribution in [0.5, 0.6) is 0 Å². The number of nitrogens with one attached hydrogen (secondary N) is 1. The molecule has 0 aromatic carbocycles. The Kier molecular flexibility index (Phi) is 4.12. The number of rotatable bonds is 4. The van der Waals surface area contributed by atoms with Gasteiger partial charge in [-0.05, 0) is 38.6 Å². The second-order valence-electron chi connectivity index (χ2n) is 5.04. The van der Waals surface area contributed by atoms with E-state index < -0.39 is 0 Å². The Bertz CT molecular complexity index is 363. The Morgan fingerprint density at radius 1 is 1.41 bits per heavy atom. The molecule has 5 nitrogen and oxygen atoms in total. The molecule has 0 spiro atoms. The fourth-order valence-corrected chi connectivity index (χ4v) is 2.44. The van der Waals surface area contributed by atoms with Gasteiger partial charge in [0.2, 0.25) is 0 Å². The summed E-state index contributed by atoms with van der Waals surface area (Å²) in [7, 11) is 1.98. The number of aromatic nitrogens is 3. The molecule has 2 N–H and O–H groups in total. The maximum Gasteiger partial charge on any atom is 0.146 e. The van der Waals surface area contributed by atoms with Crippen LogP contribution in [0.1, 0.15) is 37.3 Å². The van der Waals surface area contributed by atoms with E-state index in [4.69, 9.17) is 0 Å². The zero-order chi connectivity index (χ0) is 12.3. The van der Waals surface area contributed by atoms with Gasteiger partial charge in [-0.1, -0.05) is 6.42 Å². The molecule has 2 rings (SSSR count). The molecule has 1 aromatic rings. The molecular formula is C12H22N4O. The van der Waals surface area contributed by atoms with Gasteiger partial charge < -0.3 is 15.0 Å². The van der Waals surface area contributed by atoms with E-state index in [2.05, 4.69) is 15.5 Å². The van der Waals surface area contributed by atoms with E-state index >= 15 is 0 Å². The number of aliphatic hydroxyl groups is 1. The van der Waals surface area contributed by atoms with E-state index in [1.54, 1.807) is 0 Å². The van der Waals surface area contributed by atoms with E-state index in [0.29, 0.717) is 5.92 Å². The number of aliphatic hydroxyl groups excluding tert-OH is 1. The first-order valence-electron chi connectivity index (χ1n) is 6.40. The third kappa shape index (κ3) is 3.26. The van der Waals surface area contributed by atoms with E-state index in [0.717, 1.165) is 44.0 Å². The summed E-state index contributed by atoms with van der Waals surface area (Å²) in [6.07, 6.45) is 4.19. The zero-order valence-corrected chi connectivity index (χ0v) is 10.7. The molecule has 5 heteroatoms. The van der Waals surface area contributed by atoms with E-state index in [1.807, 2.05) is 18.5 Å². The highest BCUT2D eigenvalue weighted by atomic mass is 16.3. The first kappa shape index (κ1) is 12.5. The van der Waals surface area contributed by atoms with Gasteiger partial charge in [0, 0.05) is 7.05 Å². The van der Waals surface area contributed by atoms with Gasteiger partial charge in [-0.15, -0.1) is 10.2 Å². The molecule has 1 fully saturated rings. The quantitative estimate of drug-likeness (QED) is 0.813. The maximum atomic E-state index is 9.59. The fourth-order valence-electron chi connectivity index (χ4n) is 2.44. The van der Waals surface area contributed by atoms with Gasteiger partial charge in [-0.25, -0.2) is 0 Å². The molecule has 96 valence electrons. The molecule has 17 heavy (non-hydrogen) atoms. The monoisotopic (exact) mass is 238 g/mol. The Morgan fingerprint density at radius 3 is 2.88 bits per heavy atom. The Labute approximate surface area is 102 Å². The lowest BCUT2D eigenvalue weighted by Crippen LogP contribution is -2.29. The molecule has 1 aromatic heterocycles. The topological polar surface area (TPSA) is 63.0 Å². The molecule has 0 radical (unpaired) electrons. The number of hydrogen-bond acceptors (Lipinski definition) is 4. The first-order valence-corrected chi connectivity index (χ1v) is 6.40. The van der Waals surface area contributed by atoms with Crippen molar-refractivity contribution < 1.29 is 5.11 Å². The summed E-state index contributed by atoms with van der Waals surface area (Å²) in [4.78, 5) is 0. The summed E-state index contributed by atoms with van der Waals surface area (Å²) in [5, 5.41) is 21.1. The van der Waals surface area contributed by atoms with Crippen molar-refractivity contribution in [3.05, 3.63) is 11.6 Å². The largest absolute Gasteiger partial charge is 0.393 e. The molecule has 0 saturated heterocycles. The van der Waals surface area contributed by atoms with Crippen LogP contribution in [0.25, 0.3) is 0 Å². The minimum atomic E-state index is -0.0902. The van der Waals surface area contributed by atoms with Crippen LogP contribution in [0.2, 0.25) is 0 Å². The molecule has 0 aliphatic heterocycles. The summed E-state index contributed by atoms with van der Waals surface area (Å²) in [6, 6.07) is 0. The first-order chi connectivity index (χ1) is 8.16. The van der Waals surface area contributed by atoms with E-state index in [-0.39, 0.29) is 6.10 Å². The lowest BCUT2D eigenvalue weighted by atomic mass is 9.87. The van der Waals surface area contributed by atoms with Crippen LogP contribution in [0.3, 0.4) is 0 Å². The SMILES string of the molecule is Cc1nnc(CNCC2CCCC(O)C2)n1C. The highest BCUT2D eigenvalue weighted by molar-refractivity contribution is 4.92. The Balaban J connectivity index is 1.74. The van der Waals surface area contributed by atoms with Gasteiger partial charge in [0.25, 0.3) is 0 Å². The highest BCUT2D eigenvalue weighted by Gasteiger charge is 2.19. The smallest absolute Gasteiger partial charge is 0.146 e. The van der Waals surface area contributed by atoms with Crippen molar-refractivity contribution in [2.24, 2.45) is 13.0 Å². The minimum absolute atomic E-state index is 0.0902. The van der Waals surface area contributed by atoms with Crippen LogP contribution in [0.15, 0.2) is 0 Å². The molecule has 0 amide bonds. The summed E-state index contributed by atoms with van der Waals surface area (Å²) in [6.45, 7) is 3.67. The molecule has 2 atom stereocenters. The predicted octanol–water partition coefficient (Wildman–Crippen LogP) is 0.764. The van der Waals surface area contributed by atoms with Crippen LogP contribution in [0.4, 0.5) is 0 Å². The number of hydrogen-bond donors (Lipinski definition) is 2. The van der Waals surface area contributed by atoms with Gasteiger partial charge in [0.05, 0.1) is 12.6 Å². The van der Waals surface area contributed by atoms with Crippen LogP contribution in [-0.2, 0) is 13.6 Å². The van der Waals surface area contributed by atoms with Crippen molar-refractivity contribution in [3.8, 4) is 0 Å². The molecule has 1 aliphatic rings. The van der Waals surface area contributed by atoms with Crippen LogP contribution in [-0.4, -0.2) is 32.5 Å². The van der Waals surface area contributed by atoms with Crippen LogP contribution < -0.4 is 5.32 Å². The summed E-state index contributed by atoms with van der Waals surface area (Å²) >= 11 is 0. The molecule has 1 aliphatic carbocycles. The van der Waals surface area contributed by atoms with E-state index in [9.17, 15) is 5.11 Å². The van der Waals surface area contributed by atoms with Gasteiger partial charge in [0.1, 0.15) is 11.6 Å². The predicted molar refractivity (Wildman–Crippen MR) is 65.4 cm³/mol. The lowest BCUT2D eigenvalue weighted by molar-refractivity contribution is 0.100. The van der Waals surface area contributed by atoms with Crippen molar-refractivity contribution in [2.45, 2.75) is 45.3 Å². The Hall–Kier alpha value is -0.940. The van der Waals surface area contributed by atoms with Gasteiger partial charge >= 0.3 is 0 Å². The molecule has 1 saturated carbocycles. The standard InChI is InChI=1S/C12H22N4O/c1-9-14-15-12(16(9)2)8-13-7-10-4-3-5-11(17)6-10/h10-11,13,17H,3-8H2,1-2H3. The molecule has 1 heterocycles. The average molecular weight is 238 g/mol. The maximum absolute atomic E-state index is 9.59. The average Bonchev–Trinajstić information content (AvgIpc) is 2.61. The Morgan fingerprint density at radius 2 is 2.24 bits per heavy atom. The molecular weight excluding hydrogens is 216 g/mol. The van der Waals surface area contributed by atoms with Crippen LogP contribution in [0, 0.1) is 12.8 Å². The summed E-state index contributed by atoms with van der Waals surface area (Å²) in [5.74, 6) is 2.52. The third-order valence-electron chi connectivity index (χ3n) is 3.65. The normalized spacial score (nSPS) is 25.1. The second kappa shape index (κ2) is 5.60. The number of aryl methyl sites for hydroxylation is 1. The lowest BCUT2D eigenvalue weighted by Gasteiger charge is -2.25. The summed E-state index contributed by atoms with van der Waals surface area (Å²) in [5.41, 5.74) is 0. The minimum Gasteiger partial charge on any atom is -0.393 e.